The summed E-state index contributed by atoms with van der Waals surface area (Å²) in [6.07, 6.45) is 4.71. The SMILES string of the molecule is Cc1noc(C)c1C(=O)N[C@@H]1CCCC[C@@H]1C(C)(C)C. The van der Waals surface area contributed by atoms with Crippen LogP contribution in [-0.4, -0.2) is 17.1 Å². The largest absolute Gasteiger partial charge is 0.361 e. The van der Waals surface area contributed by atoms with Gasteiger partial charge in [0.05, 0.1) is 5.69 Å². The summed E-state index contributed by atoms with van der Waals surface area (Å²) in [6, 6.07) is 0.255. The lowest BCUT2D eigenvalue weighted by atomic mass is 9.69. The van der Waals surface area contributed by atoms with Crippen LogP contribution in [0.15, 0.2) is 4.52 Å². The maximum absolute atomic E-state index is 12.5. The van der Waals surface area contributed by atoms with Gasteiger partial charge in [0.15, 0.2) is 0 Å². The Morgan fingerprint density at radius 3 is 2.45 bits per heavy atom. The number of nitrogens with zero attached hydrogens (tertiary/aromatic N) is 1. The van der Waals surface area contributed by atoms with E-state index in [1.165, 1.54) is 19.3 Å². The molecule has 0 aliphatic heterocycles. The molecular formula is C16H26N2O2. The summed E-state index contributed by atoms with van der Waals surface area (Å²) in [5.74, 6) is 1.09. The second-order valence-electron chi connectivity index (χ2n) is 7.04. The summed E-state index contributed by atoms with van der Waals surface area (Å²) >= 11 is 0. The van der Waals surface area contributed by atoms with Crippen molar-refractivity contribution in [3.63, 3.8) is 0 Å². The number of rotatable bonds is 2. The molecule has 1 heterocycles. The second-order valence-corrected chi connectivity index (χ2v) is 7.04. The highest BCUT2D eigenvalue weighted by Gasteiger charge is 2.35. The molecule has 2 rings (SSSR count). The van der Waals surface area contributed by atoms with Crippen molar-refractivity contribution in [3.8, 4) is 0 Å². The predicted molar refractivity (Wildman–Crippen MR) is 78.6 cm³/mol. The van der Waals surface area contributed by atoms with Gasteiger partial charge in [-0.15, -0.1) is 0 Å². The molecule has 0 saturated heterocycles. The van der Waals surface area contributed by atoms with Gasteiger partial charge in [0.25, 0.3) is 5.91 Å². The van der Waals surface area contributed by atoms with Crippen molar-refractivity contribution in [2.24, 2.45) is 11.3 Å². The van der Waals surface area contributed by atoms with Crippen molar-refractivity contribution < 1.29 is 9.32 Å². The van der Waals surface area contributed by atoms with E-state index in [2.05, 4.69) is 31.2 Å². The number of amides is 1. The van der Waals surface area contributed by atoms with Crippen molar-refractivity contribution >= 4 is 5.91 Å². The normalized spacial score (nSPS) is 23.6. The highest BCUT2D eigenvalue weighted by Crippen LogP contribution is 2.38. The summed E-state index contributed by atoms with van der Waals surface area (Å²) in [5.41, 5.74) is 1.49. The standard InChI is InChI=1S/C16H26N2O2/c1-10-14(11(2)20-18-10)15(19)17-13-9-7-6-8-12(13)16(3,4)5/h12-13H,6-9H2,1-5H3,(H,17,19)/t12-,13+/m0/s1. The number of hydrogen-bond acceptors (Lipinski definition) is 3. The summed E-state index contributed by atoms with van der Waals surface area (Å²) in [4.78, 5) is 12.5. The van der Waals surface area contributed by atoms with Gasteiger partial charge in [-0.25, -0.2) is 0 Å². The molecule has 1 saturated carbocycles. The maximum Gasteiger partial charge on any atom is 0.257 e. The minimum absolute atomic E-state index is 0.0394. The van der Waals surface area contributed by atoms with Crippen LogP contribution in [0.25, 0.3) is 0 Å². The molecular weight excluding hydrogens is 252 g/mol. The van der Waals surface area contributed by atoms with Crippen LogP contribution in [0.1, 0.15) is 68.3 Å². The molecule has 4 nitrogen and oxygen atoms in total. The van der Waals surface area contributed by atoms with Crippen molar-refractivity contribution in [2.45, 2.75) is 66.3 Å². The van der Waals surface area contributed by atoms with Gasteiger partial charge in [0.1, 0.15) is 11.3 Å². The van der Waals surface area contributed by atoms with E-state index in [1.807, 2.05) is 6.92 Å². The molecule has 4 heteroatoms. The predicted octanol–water partition coefficient (Wildman–Crippen LogP) is 3.63. The molecule has 112 valence electrons. The van der Waals surface area contributed by atoms with E-state index in [4.69, 9.17) is 4.52 Å². The summed E-state index contributed by atoms with van der Waals surface area (Å²) < 4.78 is 5.09. The minimum Gasteiger partial charge on any atom is -0.361 e. The molecule has 1 aromatic heterocycles. The Labute approximate surface area is 121 Å². The first-order valence-electron chi connectivity index (χ1n) is 7.54. The summed E-state index contributed by atoms with van der Waals surface area (Å²) in [7, 11) is 0. The minimum atomic E-state index is -0.0394. The van der Waals surface area contributed by atoms with E-state index in [1.54, 1.807) is 6.92 Å². The molecule has 0 radical (unpaired) electrons. The quantitative estimate of drug-likeness (QED) is 0.898. The number of carbonyl (C=O) groups is 1. The monoisotopic (exact) mass is 278 g/mol. The number of aryl methyl sites for hydroxylation is 2. The third kappa shape index (κ3) is 3.05. The molecule has 20 heavy (non-hydrogen) atoms. The Morgan fingerprint density at radius 2 is 1.90 bits per heavy atom. The van der Waals surface area contributed by atoms with E-state index in [-0.39, 0.29) is 17.4 Å². The van der Waals surface area contributed by atoms with E-state index >= 15 is 0 Å². The maximum atomic E-state index is 12.5. The number of hydrogen-bond donors (Lipinski definition) is 1. The Morgan fingerprint density at radius 1 is 1.25 bits per heavy atom. The summed E-state index contributed by atoms with van der Waals surface area (Å²) in [5, 5.41) is 7.08. The van der Waals surface area contributed by atoms with E-state index in [0.717, 1.165) is 6.42 Å². The van der Waals surface area contributed by atoms with Crippen molar-refractivity contribution in [3.05, 3.63) is 17.0 Å². The van der Waals surface area contributed by atoms with Gasteiger partial charge in [0, 0.05) is 6.04 Å². The third-order valence-corrected chi connectivity index (χ3v) is 4.46. The van der Waals surface area contributed by atoms with Crippen molar-refractivity contribution in [1.82, 2.24) is 10.5 Å². The lowest BCUT2D eigenvalue weighted by Crippen LogP contribution is -2.46. The highest BCUT2D eigenvalue weighted by molar-refractivity contribution is 5.96. The average molecular weight is 278 g/mol. The van der Waals surface area contributed by atoms with Gasteiger partial charge < -0.3 is 9.84 Å². The third-order valence-electron chi connectivity index (χ3n) is 4.46. The summed E-state index contributed by atoms with van der Waals surface area (Å²) in [6.45, 7) is 10.4. The lowest BCUT2D eigenvalue weighted by Gasteiger charge is -2.40. The van der Waals surface area contributed by atoms with Crippen LogP contribution >= 0.6 is 0 Å². The van der Waals surface area contributed by atoms with Crippen LogP contribution in [0.3, 0.4) is 0 Å². The van der Waals surface area contributed by atoms with Gasteiger partial charge >= 0.3 is 0 Å². The van der Waals surface area contributed by atoms with Gasteiger partial charge in [-0.2, -0.15) is 0 Å². The van der Waals surface area contributed by atoms with Crippen molar-refractivity contribution in [1.29, 1.82) is 0 Å². The Balaban J connectivity index is 2.13. The zero-order chi connectivity index (χ0) is 14.9. The highest BCUT2D eigenvalue weighted by atomic mass is 16.5. The molecule has 1 fully saturated rings. The smallest absolute Gasteiger partial charge is 0.257 e. The molecule has 0 spiro atoms. The first-order valence-corrected chi connectivity index (χ1v) is 7.54. The molecule has 1 amide bonds. The van der Waals surface area contributed by atoms with E-state index < -0.39 is 0 Å². The lowest BCUT2D eigenvalue weighted by molar-refractivity contribution is 0.0828. The molecule has 1 aliphatic rings. The van der Waals surface area contributed by atoms with Crippen LogP contribution in [0.4, 0.5) is 0 Å². The molecule has 1 N–H and O–H groups in total. The zero-order valence-electron chi connectivity index (χ0n) is 13.2. The number of aromatic nitrogens is 1. The topological polar surface area (TPSA) is 55.1 Å². The van der Waals surface area contributed by atoms with Crippen LogP contribution in [0, 0.1) is 25.2 Å². The van der Waals surface area contributed by atoms with E-state index in [0.29, 0.717) is 22.9 Å². The van der Waals surface area contributed by atoms with Gasteiger partial charge in [-0.05, 0) is 38.0 Å². The van der Waals surface area contributed by atoms with Crippen molar-refractivity contribution in [2.75, 3.05) is 0 Å². The van der Waals surface area contributed by atoms with E-state index in [9.17, 15) is 4.79 Å². The molecule has 2 atom stereocenters. The van der Waals surface area contributed by atoms with Crippen LogP contribution in [-0.2, 0) is 0 Å². The number of nitrogens with one attached hydrogen (secondary N) is 1. The van der Waals surface area contributed by atoms with Crippen LogP contribution in [0.5, 0.6) is 0 Å². The fourth-order valence-electron chi connectivity index (χ4n) is 3.39. The first-order chi connectivity index (χ1) is 9.30. The van der Waals surface area contributed by atoms with Gasteiger partial charge in [0.2, 0.25) is 0 Å². The van der Waals surface area contributed by atoms with Gasteiger partial charge in [-0.3, -0.25) is 4.79 Å². The van der Waals surface area contributed by atoms with Crippen LogP contribution < -0.4 is 5.32 Å². The molecule has 1 aromatic rings. The molecule has 0 aromatic carbocycles. The van der Waals surface area contributed by atoms with Crippen LogP contribution in [0.2, 0.25) is 0 Å². The molecule has 1 aliphatic carbocycles. The van der Waals surface area contributed by atoms with Gasteiger partial charge in [-0.1, -0.05) is 38.8 Å². The average Bonchev–Trinajstić information content (AvgIpc) is 2.68. The molecule has 0 unspecified atom stereocenters. The first kappa shape index (κ1) is 15.1. The molecule has 0 bridgehead atoms. The fourth-order valence-corrected chi connectivity index (χ4v) is 3.39. The Hall–Kier alpha value is -1.32. The Bertz CT molecular complexity index is 466. The fraction of sp³-hybridized carbons (Fsp3) is 0.750. The Kier molecular flexibility index (Phi) is 4.21. The second kappa shape index (κ2) is 5.58. The zero-order valence-corrected chi connectivity index (χ0v) is 13.2. The number of carbonyl (C=O) groups excluding carboxylic acids is 1.